The average molecular weight is 208 g/mol. The molecule has 14 heavy (non-hydrogen) atoms. The fraction of sp³-hybridized carbons (Fsp3) is 0.300. The molecule has 1 aliphatic rings. The van der Waals surface area contributed by atoms with Crippen LogP contribution in [0.2, 0.25) is 0 Å². The number of carbonyl (C=O) groups excluding carboxylic acids is 1. The number of carbonyl (C=O) groups is 1. The third-order valence-corrected chi connectivity index (χ3v) is 2.97. The molecule has 1 aromatic carbocycles. The van der Waals surface area contributed by atoms with Crippen molar-refractivity contribution in [1.29, 1.82) is 0 Å². The maximum absolute atomic E-state index is 11.5. The minimum absolute atomic E-state index is 0.00190. The summed E-state index contributed by atoms with van der Waals surface area (Å²) < 4.78 is 4.88. The van der Waals surface area contributed by atoms with Crippen molar-refractivity contribution in [3.63, 3.8) is 0 Å². The SMILES string of the molecule is CCCN1SNC(=O)c2ccccc21. The number of nitrogens with zero attached hydrogens (tertiary/aromatic N) is 1. The van der Waals surface area contributed by atoms with Gasteiger partial charge in [0.05, 0.1) is 23.4 Å². The summed E-state index contributed by atoms with van der Waals surface area (Å²) in [6.07, 6.45) is 1.07. The van der Waals surface area contributed by atoms with Gasteiger partial charge in [-0.3, -0.25) is 13.8 Å². The summed E-state index contributed by atoms with van der Waals surface area (Å²) in [4.78, 5) is 11.5. The van der Waals surface area contributed by atoms with Crippen molar-refractivity contribution < 1.29 is 4.79 Å². The van der Waals surface area contributed by atoms with Gasteiger partial charge in [0.1, 0.15) is 0 Å². The van der Waals surface area contributed by atoms with Crippen LogP contribution in [-0.2, 0) is 0 Å². The highest BCUT2D eigenvalue weighted by Gasteiger charge is 2.22. The summed E-state index contributed by atoms with van der Waals surface area (Å²) in [7, 11) is 0. The highest BCUT2D eigenvalue weighted by molar-refractivity contribution is 7.99. The molecule has 0 radical (unpaired) electrons. The molecule has 74 valence electrons. The predicted molar refractivity (Wildman–Crippen MR) is 59.1 cm³/mol. The largest absolute Gasteiger partial charge is 0.298 e. The smallest absolute Gasteiger partial charge is 0.264 e. The van der Waals surface area contributed by atoms with Crippen molar-refractivity contribution >= 4 is 23.7 Å². The number of benzene rings is 1. The van der Waals surface area contributed by atoms with Crippen LogP contribution in [0.1, 0.15) is 23.7 Å². The van der Waals surface area contributed by atoms with Crippen molar-refractivity contribution in [3.8, 4) is 0 Å². The Balaban J connectivity index is 2.36. The van der Waals surface area contributed by atoms with Gasteiger partial charge in [0.15, 0.2) is 0 Å². The van der Waals surface area contributed by atoms with Gasteiger partial charge in [0, 0.05) is 6.54 Å². The third-order valence-electron chi connectivity index (χ3n) is 2.09. The molecule has 0 bridgehead atoms. The van der Waals surface area contributed by atoms with Crippen LogP contribution in [0.15, 0.2) is 24.3 Å². The van der Waals surface area contributed by atoms with Crippen LogP contribution in [-0.4, -0.2) is 12.5 Å². The molecule has 3 nitrogen and oxygen atoms in total. The van der Waals surface area contributed by atoms with Gasteiger partial charge in [-0.2, -0.15) is 0 Å². The zero-order valence-electron chi connectivity index (χ0n) is 7.99. The monoisotopic (exact) mass is 208 g/mol. The van der Waals surface area contributed by atoms with E-state index >= 15 is 0 Å². The van der Waals surface area contributed by atoms with Crippen LogP contribution in [0.3, 0.4) is 0 Å². The molecular formula is C10H12N2OS. The number of amides is 1. The zero-order chi connectivity index (χ0) is 9.97. The lowest BCUT2D eigenvalue weighted by atomic mass is 10.1. The summed E-state index contributed by atoms with van der Waals surface area (Å²) in [6.45, 7) is 3.07. The van der Waals surface area contributed by atoms with Gasteiger partial charge in [-0.05, 0) is 18.6 Å². The summed E-state index contributed by atoms with van der Waals surface area (Å²) in [5.74, 6) is -0.00190. The van der Waals surface area contributed by atoms with E-state index in [0.717, 1.165) is 24.2 Å². The summed E-state index contributed by atoms with van der Waals surface area (Å²) >= 11 is 1.37. The van der Waals surface area contributed by atoms with E-state index in [2.05, 4.69) is 16.0 Å². The highest BCUT2D eigenvalue weighted by atomic mass is 32.2. The first-order chi connectivity index (χ1) is 6.83. The minimum Gasteiger partial charge on any atom is -0.298 e. The van der Waals surface area contributed by atoms with E-state index in [-0.39, 0.29) is 5.91 Å². The van der Waals surface area contributed by atoms with Gasteiger partial charge in [0.25, 0.3) is 5.91 Å². The van der Waals surface area contributed by atoms with E-state index in [1.165, 1.54) is 12.1 Å². The maximum atomic E-state index is 11.5. The molecule has 1 N–H and O–H groups in total. The second-order valence-corrected chi connectivity index (χ2v) is 3.97. The molecule has 1 aromatic rings. The molecule has 0 unspecified atom stereocenters. The fourth-order valence-electron chi connectivity index (χ4n) is 1.45. The fourth-order valence-corrected chi connectivity index (χ4v) is 2.29. The van der Waals surface area contributed by atoms with Gasteiger partial charge in [0.2, 0.25) is 0 Å². The van der Waals surface area contributed by atoms with Gasteiger partial charge >= 0.3 is 0 Å². The molecule has 0 atom stereocenters. The second-order valence-electron chi connectivity index (χ2n) is 3.14. The first-order valence-corrected chi connectivity index (χ1v) is 5.44. The third kappa shape index (κ3) is 1.57. The van der Waals surface area contributed by atoms with Crippen LogP contribution >= 0.6 is 12.1 Å². The predicted octanol–water partition coefficient (Wildman–Crippen LogP) is 2.21. The van der Waals surface area contributed by atoms with Crippen LogP contribution in [0.4, 0.5) is 5.69 Å². The van der Waals surface area contributed by atoms with E-state index in [1.54, 1.807) is 0 Å². The number of anilines is 1. The Hall–Kier alpha value is -1.16. The molecule has 0 fully saturated rings. The topological polar surface area (TPSA) is 32.3 Å². The van der Waals surface area contributed by atoms with Crippen molar-refractivity contribution in [2.24, 2.45) is 0 Å². The number of rotatable bonds is 2. The summed E-state index contributed by atoms with van der Waals surface area (Å²) in [5.41, 5.74) is 1.78. The highest BCUT2D eigenvalue weighted by Crippen LogP contribution is 2.29. The zero-order valence-corrected chi connectivity index (χ0v) is 8.80. The van der Waals surface area contributed by atoms with Crippen molar-refractivity contribution in [1.82, 2.24) is 4.72 Å². The molecule has 0 aliphatic carbocycles. The molecule has 2 rings (SSSR count). The molecule has 4 heteroatoms. The molecule has 0 saturated carbocycles. The second kappa shape index (κ2) is 3.92. The lowest BCUT2D eigenvalue weighted by molar-refractivity contribution is 0.0983. The lowest BCUT2D eigenvalue weighted by Crippen LogP contribution is -2.32. The number of hydrogen-bond donors (Lipinski definition) is 1. The Kier molecular flexibility index (Phi) is 2.63. The maximum Gasteiger partial charge on any atom is 0.264 e. The van der Waals surface area contributed by atoms with Crippen molar-refractivity contribution in [2.45, 2.75) is 13.3 Å². The van der Waals surface area contributed by atoms with Crippen LogP contribution in [0.25, 0.3) is 0 Å². The molecule has 1 heterocycles. The minimum atomic E-state index is -0.00190. The molecule has 1 amide bonds. The Morgan fingerprint density at radius 2 is 2.21 bits per heavy atom. The molecule has 0 aromatic heterocycles. The van der Waals surface area contributed by atoms with Crippen LogP contribution in [0, 0.1) is 0 Å². The van der Waals surface area contributed by atoms with E-state index in [4.69, 9.17) is 0 Å². The number of nitrogens with one attached hydrogen (secondary N) is 1. The molecular weight excluding hydrogens is 196 g/mol. The summed E-state index contributed by atoms with van der Waals surface area (Å²) in [6, 6.07) is 7.68. The van der Waals surface area contributed by atoms with Crippen molar-refractivity contribution in [2.75, 3.05) is 10.8 Å². The molecule has 0 saturated heterocycles. The Morgan fingerprint density at radius 1 is 1.43 bits per heavy atom. The van der Waals surface area contributed by atoms with Gasteiger partial charge in [-0.1, -0.05) is 19.1 Å². The Morgan fingerprint density at radius 3 is 3.00 bits per heavy atom. The van der Waals surface area contributed by atoms with E-state index in [1.807, 2.05) is 24.3 Å². The Labute approximate surface area is 87.8 Å². The number of hydrogen-bond acceptors (Lipinski definition) is 3. The van der Waals surface area contributed by atoms with Crippen molar-refractivity contribution in [3.05, 3.63) is 29.8 Å². The first-order valence-electron chi connectivity index (χ1n) is 4.67. The quantitative estimate of drug-likeness (QED) is 0.756. The van der Waals surface area contributed by atoms with Gasteiger partial charge < -0.3 is 0 Å². The molecule has 1 aliphatic heterocycles. The first kappa shape index (κ1) is 9.40. The van der Waals surface area contributed by atoms with Crippen LogP contribution in [0.5, 0.6) is 0 Å². The average Bonchev–Trinajstić information content (AvgIpc) is 2.23. The van der Waals surface area contributed by atoms with Crippen LogP contribution < -0.4 is 9.03 Å². The van der Waals surface area contributed by atoms with E-state index in [9.17, 15) is 4.79 Å². The standard InChI is InChI=1S/C10H12N2OS/c1-2-7-12-9-6-4-3-5-8(9)10(13)11-14-12/h3-6H,2,7H2,1H3,(H,11,13). The number of fused-ring (bicyclic) bond motifs is 1. The van der Waals surface area contributed by atoms with Gasteiger partial charge in [-0.15, -0.1) is 0 Å². The lowest BCUT2D eigenvalue weighted by Gasteiger charge is -2.28. The summed E-state index contributed by atoms with van der Waals surface area (Å²) in [5, 5.41) is 0. The van der Waals surface area contributed by atoms with E-state index < -0.39 is 0 Å². The van der Waals surface area contributed by atoms with Gasteiger partial charge in [-0.25, -0.2) is 0 Å². The normalized spacial score (nSPS) is 14.9. The van der Waals surface area contributed by atoms with E-state index in [0.29, 0.717) is 0 Å². The molecule has 0 spiro atoms. The number of para-hydroxylation sites is 1. The Bertz CT molecular complexity index is 354.